The lowest BCUT2D eigenvalue weighted by Crippen LogP contribution is -2.30. The van der Waals surface area contributed by atoms with Crippen molar-refractivity contribution in [3.63, 3.8) is 0 Å². The summed E-state index contributed by atoms with van der Waals surface area (Å²) in [7, 11) is 0. The van der Waals surface area contributed by atoms with E-state index in [1.54, 1.807) is 28.9 Å². The predicted octanol–water partition coefficient (Wildman–Crippen LogP) is 2.35. The maximum Gasteiger partial charge on any atom is 0.325 e. The fourth-order valence-corrected chi connectivity index (χ4v) is 2.46. The lowest BCUT2D eigenvalue weighted by atomic mass is 10.2. The summed E-state index contributed by atoms with van der Waals surface area (Å²) in [5.41, 5.74) is 0.408. The highest BCUT2D eigenvalue weighted by Gasteiger charge is 2.12. The first kappa shape index (κ1) is 20.0. The zero-order valence-corrected chi connectivity index (χ0v) is 15.9. The maximum atomic E-state index is 12.2. The molecular weight excluding hydrogens is 374 g/mol. The fraction of sp³-hybridized carbons (Fsp3) is 0.250. The van der Waals surface area contributed by atoms with Gasteiger partial charge in [0, 0.05) is 12.1 Å². The van der Waals surface area contributed by atoms with Crippen LogP contribution in [0, 0.1) is 0 Å². The third-order valence-electron chi connectivity index (χ3n) is 3.89. The third-order valence-corrected chi connectivity index (χ3v) is 3.89. The van der Waals surface area contributed by atoms with Crippen molar-refractivity contribution in [1.29, 1.82) is 0 Å². The second-order valence-corrected chi connectivity index (χ2v) is 6.10. The Bertz CT molecular complexity index is 941. The molecule has 2 aromatic carbocycles. The first-order valence-corrected chi connectivity index (χ1v) is 9.17. The zero-order chi connectivity index (χ0) is 20.5. The molecule has 0 fully saturated rings. The summed E-state index contributed by atoms with van der Waals surface area (Å²) in [6.07, 6.45) is 0.858. The highest BCUT2D eigenvalue weighted by atomic mass is 16.5. The van der Waals surface area contributed by atoms with E-state index in [1.165, 1.54) is 0 Å². The van der Waals surface area contributed by atoms with Gasteiger partial charge in [0.05, 0.1) is 0 Å². The van der Waals surface area contributed by atoms with Crippen LogP contribution in [0.5, 0.6) is 11.5 Å². The van der Waals surface area contributed by atoms with Crippen molar-refractivity contribution in [2.45, 2.75) is 26.5 Å². The minimum absolute atomic E-state index is 0.0484. The quantitative estimate of drug-likeness (QED) is 0.554. The zero-order valence-electron chi connectivity index (χ0n) is 15.9. The number of tetrazole rings is 1. The van der Waals surface area contributed by atoms with Gasteiger partial charge in [-0.15, -0.1) is 5.10 Å². The van der Waals surface area contributed by atoms with Crippen molar-refractivity contribution < 1.29 is 19.1 Å². The Morgan fingerprint density at radius 2 is 1.76 bits per heavy atom. The van der Waals surface area contributed by atoms with Crippen LogP contribution in [0.4, 0.5) is 0 Å². The summed E-state index contributed by atoms with van der Waals surface area (Å²) in [5.74, 6) is 0.812. The number of carbonyl (C=O) groups excluding carboxylic acids is 2. The second kappa shape index (κ2) is 9.98. The van der Waals surface area contributed by atoms with Crippen LogP contribution in [-0.2, 0) is 22.7 Å². The van der Waals surface area contributed by atoms with Gasteiger partial charge in [0.25, 0.3) is 5.91 Å². The summed E-state index contributed by atoms with van der Waals surface area (Å²) in [4.78, 5) is 24.1. The molecule has 9 nitrogen and oxygen atoms in total. The molecule has 29 heavy (non-hydrogen) atoms. The molecule has 1 amide bonds. The molecule has 0 spiro atoms. The van der Waals surface area contributed by atoms with Crippen LogP contribution in [0.15, 0.2) is 54.6 Å². The Balaban J connectivity index is 1.45. The number of para-hydroxylation sites is 1. The lowest BCUT2D eigenvalue weighted by molar-refractivity contribution is -0.144. The van der Waals surface area contributed by atoms with Gasteiger partial charge in [-0.2, -0.15) is 0 Å². The number of aryl methyl sites for hydroxylation is 1. The monoisotopic (exact) mass is 395 g/mol. The number of nitrogens with zero attached hydrogens (tertiary/aromatic N) is 4. The van der Waals surface area contributed by atoms with Crippen molar-refractivity contribution in [2.75, 3.05) is 6.54 Å². The molecule has 0 saturated carbocycles. The van der Waals surface area contributed by atoms with Gasteiger partial charge < -0.3 is 14.8 Å². The van der Waals surface area contributed by atoms with Gasteiger partial charge in [0.1, 0.15) is 18.0 Å². The number of carbonyl (C=O) groups is 2. The van der Waals surface area contributed by atoms with Crippen molar-refractivity contribution in [1.82, 2.24) is 25.5 Å². The van der Waals surface area contributed by atoms with Crippen LogP contribution in [0.3, 0.4) is 0 Å². The number of esters is 1. The molecule has 0 aliphatic rings. The molecule has 0 radical (unpaired) electrons. The largest absolute Gasteiger partial charge is 0.457 e. The molecule has 0 atom stereocenters. The molecule has 0 bridgehead atoms. The van der Waals surface area contributed by atoms with Crippen molar-refractivity contribution in [3.8, 4) is 11.5 Å². The van der Waals surface area contributed by atoms with Gasteiger partial charge in [-0.05, 0) is 53.2 Å². The second-order valence-electron chi connectivity index (χ2n) is 6.10. The SMILES string of the molecule is CCCn1nnnc1COC(=O)CNC(=O)c1ccc(Oc2ccccc2)cc1. The third kappa shape index (κ3) is 5.86. The molecular formula is C20H21N5O4. The summed E-state index contributed by atoms with van der Waals surface area (Å²) >= 11 is 0. The molecule has 0 aliphatic heterocycles. The van der Waals surface area contributed by atoms with E-state index in [-0.39, 0.29) is 19.1 Å². The van der Waals surface area contributed by atoms with E-state index in [9.17, 15) is 9.59 Å². The van der Waals surface area contributed by atoms with Crippen LogP contribution >= 0.6 is 0 Å². The smallest absolute Gasteiger partial charge is 0.325 e. The minimum Gasteiger partial charge on any atom is -0.457 e. The first-order valence-electron chi connectivity index (χ1n) is 9.17. The van der Waals surface area contributed by atoms with E-state index in [0.29, 0.717) is 29.4 Å². The van der Waals surface area contributed by atoms with Crippen molar-refractivity contribution in [3.05, 3.63) is 66.0 Å². The summed E-state index contributed by atoms with van der Waals surface area (Å²) < 4.78 is 12.4. The lowest BCUT2D eigenvalue weighted by Gasteiger charge is -2.08. The molecule has 0 saturated heterocycles. The van der Waals surface area contributed by atoms with Crippen molar-refractivity contribution in [2.24, 2.45) is 0 Å². The van der Waals surface area contributed by atoms with E-state index in [0.717, 1.165) is 6.42 Å². The standard InChI is InChI=1S/C20H21N5O4/c1-2-12-25-18(22-23-24-25)14-28-19(26)13-21-20(27)15-8-10-17(11-9-15)29-16-6-4-3-5-7-16/h3-11H,2,12-14H2,1H3,(H,21,27). The molecule has 3 rings (SSSR count). The Labute approximate surface area is 167 Å². The number of aromatic nitrogens is 4. The molecule has 0 aliphatic carbocycles. The average molecular weight is 395 g/mol. The maximum absolute atomic E-state index is 12.2. The fourth-order valence-electron chi connectivity index (χ4n) is 2.46. The molecule has 0 unspecified atom stereocenters. The van der Waals surface area contributed by atoms with E-state index in [4.69, 9.17) is 9.47 Å². The number of rotatable bonds is 9. The summed E-state index contributed by atoms with van der Waals surface area (Å²) in [5, 5.41) is 13.7. The highest BCUT2D eigenvalue weighted by Crippen LogP contribution is 2.21. The number of hydrogen-bond donors (Lipinski definition) is 1. The highest BCUT2D eigenvalue weighted by molar-refractivity contribution is 5.96. The van der Waals surface area contributed by atoms with Gasteiger partial charge in [-0.3, -0.25) is 9.59 Å². The molecule has 3 aromatic rings. The van der Waals surface area contributed by atoms with Crippen LogP contribution < -0.4 is 10.1 Å². The number of hydrogen-bond acceptors (Lipinski definition) is 7. The Morgan fingerprint density at radius 3 is 2.48 bits per heavy atom. The van der Waals surface area contributed by atoms with E-state index >= 15 is 0 Å². The van der Waals surface area contributed by atoms with Gasteiger partial charge in [-0.25, -0.2) is 4.68 Å². The number of nitrogens with one attached hydrogen (secondary N) is 1. The van der Waals surface area contributed by atoms with Gasteiger partial charge in [0.2, 0.25) is 0 Å². The molecule has 1 heterocycles. The number of ether oxygens (including phenoxy) is 2. The summed E-state index contributed by atoms with van der Waals surface area (Å²) in [6.45, 7) is 2.33. The molecule has 9 heteroatoms. The molecule has 1 aromatic heterocycles. The van der Waals surface area contributed by atoms with Gasteiger partial charge in [0.15, 0.2) is 12.4 Å². The van der Waals surface area contributed by atoms with Crippen LogP contribution in [0.1, 0.15) is 29.5 Å². The van der Waals surface area contributed by atoms with E-state index < -0.39 is 5.97 Å². The van der Waals surface area contributed by atoms with Crippen LogP contribution in [0.2, 0.25) is 0 Å². The number of amides is 1. The van der Waals surface area contributed by atoms with Gasteiger partial charge in [-0.1, -0.05) is 25.1 Å². The van der Waals surface area contributed by atoms with E-state index in [2.05, 4.69) is 20.8 Å². The first-order chi connectivity index (χ1) is 14.2. The summed E-state index contributed by atoms with van der Waals surface area (Å²) in [6, 6.07) is 16.0. The number of benzene rings is 2. The minimum atomic E-state index is -0.576. The van der Waals surface area contributed by atoms with E-state index in [1.807, 2.05) is 37.3 Å². The molecule has 1 N–H and O–H groups in total. The average Bonchev–Trinajstić information content (AvgIpc) is 3.19. The van der Waals surface area contributed by atoms with Gasteiger partial charge >= 0.3 is 5.97 Å². The predicted molar refractivity (Wildman–Crippen MR) is 103 cm³/mol. The van der Waals surface area contributed by atoms with Crippen molar-refractivity contribution >= 4 is 11.9 Å². The van der Waals surface area contributed by atoms with Crippen LogP contribution in [0.25, 0.3) is 0 Å². The Hall–Kier alpha value is -3.75. The normalized spacial score (nSPS) is 10.4. The van der Waals surface area contributed by atoms with Crippen LogP contribution in [-0.4, -0.2) is 38.6 Å². The topological polar surface area (TPSA) is 108 Å². The Kier molecular flexibility index (Phi) is 6.88. The Morgan fingerprint density at radius 1 is 1.03 bits per heavy atom. The molecule has 150 valence electrons.